The minimum absolute atomic E-state index is 0.231. The third-order valence-corrected chi connectivity index (χ3v) is 2.76. The minimum Gasteiger partial charge on any atom is -0.299 e. The molecule has 0 spiro atoms. The van der Waals surface area contributed by atoms with Crippen molar-refractivity contribution in [1.82, 2.24) is 4.98 Å². The van der Waals surface area contributed by atoms with Gasteiger partial charge in [-0.3, -0.25) is 4.79 Å². The summed E-state index contributed by atoms with van der Waals surface area (Å²) >= 11 is 1.54. The van der Waals surface area contributed by atoms with E-state index < -0.39 is 0 Å². The largest absolute Gasteiger partial charge is 0.299 e. The van der Waals surface area contributed by atoms with Gasteiger partial charge in [0.2, 0.25) is 0 Å². The second-order valence-electron chi connectivity index (χ2n) is 3.16. The topological polar surface area (TPSA) is 30.0 Å². The van der Waals surface area contributed by atoms with Crippen molar-refractivity contribution in [2.75, 3.05) is 0 Å². The van der Waals surface area contributed by atoms with Gasteiger partial charge in [0.1, 0.15) is 10.8 Å². The van der Waals surface area contributed by atoms with Crippen molar-refractivity contribution in [3.8, 4) is 12.3 Å². The lowest BCUT2D eigenvalue weighted by Crippen LogP contribution is -2.01. The van der Waals surface area contributed by atoms with Crippen LogP contribution in [0.2, 0.25) is 0 Å². The molecule has 1 rings (SSSR count). The van der Waals surface area contributed by atoms with E-state index in [1.807, 2.05) is 12.3 Å². The first kappa shape index (κ1) is 10.9. The Morgan fingerprint density at radius 3 is 3.07 bits per heavy atom. The second kappa shape index (κ2) is 5.56. The Hall–Kier alpha value is -1.14. The van der Waals surface area contributed by atoms with E-state index >= 15 is 0 Å². The highest BCUT2D eigenvalue weighted by Gasteiger charge is 2.05. The number of terminal acetylenes is 1. The summed E-state index contributed by atoms with van der Waals surface area (Å²) in [7, 11) is 0. The molecule has 0 amide bonds. The van der Waals surface area contributed by atoms with Gasteiger partial charge in [-0.15, -0.1) is 23.7 Å². The Balaban J connectivity index is 2.31. The highest BCUT2D eigenvalue weighted by molar-refractivity contribution is 7.09. The van der Waals surface area contributed by atoms with Crippen molar-refractivity contribution in [1.29, 1.82) is 0 Å². The van der Waals surface area contributed by atoms with Crippen LogP contribution in [-0.2, 0) is 11.2 Å². The summed E-state index contributed by atoms with van der Waals surface area (Å²) in [5.74, 6) is 2.76. The molecule has 0 saturated carbocycles. The Morgan fingerprint density at radius 2 is 2.50 bits per heavy atom. The van der Waals surface area contributed by atoms with E-state index in [4.69, 9.17) is 6.42 Å². The van der Waals surface area contributed by atoms with Crippen molar-refractivity contribution in [2.45, 2.75) is 32.6 Å². The zero-order chi connectivity index (χ0) is 10.4. The average Bonchev–Trinajstić information content (AvgIpc) is 2.52. The number of carbonyl (C=O) groups is 1. The summed E-state index contributed by atoms with van der Waals surface area (Å²) in [5.41, 5.74) is 0.987. The van der Waals surface area contributed by atoms with Crippen molar-refractivity contribution in [2.24, 2.45) is 0 Å². The van der Waals surface area contributed by atoms with Gasteiger partial charge in [-0.05, 0) is 13.3 Å². The van der Waals surface area contributed by atoms with Crippen molar-refractivity contribution in [3.63, 3.8) is 0 Å². The smallest absolute Gasteiger partial charge is 0.139 e. The molecule has 1 aromatic heterocycles. The number of aryl methyl sites for hydroxylation is 1. The molecule has 0 N–H and O–H groups in total. The molecule has 1 aromatic rings. The molecule has 2 nitrogen and oxygen atoms in total. The van der Waals surface area contributed by atoms with Gasteiger partial charge in [-0.25, -0.2) is 4.98 Å². The van der Waals surface area contributed by atoms with Gasteiger partial charge in [-0.1, -0.05) is 0 Å². The molecule has 14 heavy (non-hydrogen) atoms. The number of hydrogen-bond donors (Lipinski definition) is 0. The van der Waals surface area contributed by atoms with Crippen LogP contribution in [0.3, 0.4) is 0 Å². The molecule has 0 atom stereocenters. The Morgan fingerprint density at radius 1 is 1.71 bits per heavy atom. The molecule has 0 bridgehead atoms. The van der Waals surface area contributed by atoms with Crippen LogP contribution in [0.1, 0.15) is 30.0 Å². The van der Waals surface area contributed by atoms with Gasteiger partial charge >= 0.3 is 0 Å². The number of hydrogen-bond acceptors (Lipinski definition) is 3. The monoisotopic (exact) mass is 207 g/mol. The van der Waals surface area contributed by atoms with E-state index in [-0.39, 0.29) is 5.78 Å². The average molecular weight is 207 g/mol. The van der Waals surface area contributed by atoms with E-state index in [2.05, 4.69) is 10.9 Å². The van der Waals surface area contributed by atoms with Crippen molar-refractivity contribution in [3.05, 3.63) is 16.1 Å². The molecule has 0 unspecified atom stereocenters. The lowest BCUT2D eigenvalue weighted by atomic mass is 10.1. The van der Waals surface area contributed by atoms with Crippen LogP contribution in [-0.4, -0.2) is 10.8 Å². The number of carbonyl (C=O) groups excluding carboxylic acids is 1. The summed E-state index contributed by atoms with van der Waals surface area (Å²) < 4.78 is 0. The number of rotatable bonds is 5. The molecule has 0 aromatic carbocycles. The Kier molecular flexibility index (Phi) is 4.34. The minimum atomic E-state index is 0.231. The van der Waals surface area contributed by atoms with Crippen molar-refractivity contribution >= 4 is 17.1 Å². The van der Waals surface area contributed by atoms with Gasteiger partial charge in [-0.2, -0.15) is 0 Å². The van der Waals surface area contributed by atoms with E-state index in [1.54, 1.807) is 11.3 Å². The third kappa shape index (κ3) is 3.71. The molecular weight excluding hydrogens is 194 g/mol. The maximum atomic E-state index is 11.4. The molecule has 1 heterocycles. The SMILES string of the molecule is C#CCCCC(=O)Cc1nc(C)cs1. The van der Waals surface area contributed by atoms with Crippen molar-refractivity contribution < 1.29 is 4.79 Å². The molecule has 3 heteroatoms. The first-order valence-electron chi connectivity index (χ1n) is 4.58. The van der Waals surface area contributed by atoms with Gasteiger partial charge in [0.05, 0.1) is 6.42 Å². The highest BCUT2D eigenvalue weighted by atomic mass is 32.1. The van der Waals surface area contributed by atoms with Crippen LogP contribution < -0.4 is 0 Å². The second-order valence-corrected chi connectivity index (χ2v) is 4.10. The first-order chi connectivity index (χ1) is 6.72. The van der Waals surface area contributed by atoms with E-state index in [9.17, 15) is 4.79 Å². The molecule has 0 radical (unpaired) electrons. The zero-order valence-electron chi connectivity index (χ0n) is 8.25. The van der Waals surface area contributed by atoms with E-state index in [0.29, 0.717) is 19.3 Å². The zero-order valence-corrected chi connectivity index (χ0v) is 9.06. The number of Topliss-reactive ketones (excluding diaryl/α,β-unsaturated/α-hetero) is 1. The summed E-state index contributed by atoms with van der Waals surface area (Å²) in [5, 5.41) is 2.87. The van der Waals surface area contributed by atoms with Gasteiger partial charge in [0, 0.05) is 23.9 Å². The first-order valence-corrected chi connectivity index (χ1v) is 5.46. The molecule has 0 saturated heterocycles. The molecule has 0 aliphatic heterocycles. The van der Waals surface area contributed by atoms with Gasteiger partial charge in [0.25, 0.3) is 0 Å². The quantitative estimate of drug-likeness (QED) is 0.548. The molecular formula is C11H13NOS. The summed E-state index contributed by atoms with van der Waals surface area (Å²) in [6, 6.07) is 0. The maximum absolute atomic E-state index is 11.4. The third-order valence-electron chi connectivity index (χ3n) is 1.79. The number of nitrogens with zero attached hydrogens (tertiary/aromatic N) is 1. The van der Waals surface area contributed by atoms with Crippen LogP contribution in [0.5, 0.6) is 0 Å². The Labute approximate surface area is 88.4 Å². The van der Waals surface area contributed by atoms with Crippen LogP contribution in [0.4, 0.5) is 0 Å². The van der Waals surface area contributed by atoms with Crippen LogP contribution in [0.25, 0.3) is 0 Å². The van der Waals surface area contributed by atoms with E-state index in [0.717, 1.165) is 17.1 Å². The number of unbranched alkanes of at least 4 members (excludes halogenated alkanes) is 1. The van der Waals surface area contributed by atoms with E-state index in [1.165, 1.54) is 0 Å². The fraction of sp³-hybridized carbons (Fsp3) is 0.455. The summed E-state index contributed by atoms with van der Waals surface area (Å²) in [6.45, 7) is 1.93. The predicted octanol–water partition coefficient (Wildman–Crippen LogP) is 2.37. The fourth-order valence-corrected chi connectivity index (χ4v) is 1.93. The predicted molar refractivity (Wildman–Crippen MR) is 58.2 cm³/mol. The molecule has 0 fully saturated rings. The highest BCUT2D eigenvalue weighted by Crippen LogP contribution is 2.11. The normalized spacial score (nSPS) is 9.71. The molecule has 74 valence electrons. The number of thiazole rings is 1. The summed E-state index contributed by atoms with van der Waals surface area (Å²) in [6.07, 6.45) is 7.61. The lowest BCUT2D eigenvalue weighted by Gasteiger charge is -1.95. The van der Waals surface area contributed by atoms with Crippen LogP contribution >= 0.6 is 11.3 Å². The van der Waals surface area contributed by atoms with Gasteiger partial charge in [0.15, 0.2) is 0 Å². The number of aromatic nitrogens is 1. The summed E-state index contributed by atoms with van der Waals surface area (Å²) in [4.78, 5) is 15.6. The standard InChI is InChI=1S/C11H13NOS/c1-3-4-5-6-10(13)7-11-12-9(2)8-14-11/h1,8H,4-7H2,2H3. The van der Waals surface area contributed by atoms with Gasteiger partial charge < -0.3 is 0 Å². The molecule has 0 aliphatic carbocycles. The van der Waals surface area contributed by atoms with Crippen LogP contribution in [0.15, 0.2) is 5.38 Å². The fourth-order valence-electron chi connectivity index (χ4n) is 1.13. The molecule has 0 aliphatic rings. The number of ketones is 1. The van der Waals surface area contributed by atoms with Crippen LogP contribution in [0, 0.1) is 19.3 Å². The Bertz CT molecular complexity index is 348. The maximum Gasteiger partial charge on any atom is 0.139 e. The lowest BCUT2D eigenvalue weighted by molar-refractivity contribution is -0.118.